The second-order valence-electron chi connectivity index (χ2n) is 4.52. The third-order valence-electron chi connectivity index (χ3n) is 3.48. The van der Waals surface area contributed by atoms with Crippen molar-refractivity contribution >= 4 is 0 Å². The molecule has 2 aliphatic heterocycles. The molecular weight excluding hydrogens is 176 g/mol. The van der Waals surface area contributed by atoms with Crippen molar-refractivity contribution in [3.05, 3.63) is 0 Å². The highest BCUT2D eigenvalue weighted by Gasteiger charge is 2.25. The molecule has 0 aromatic carbocycles. The summed E-state index contributed by atoms with van der Waals surface area (Å²) in [5.41, 5.74) is 5.79. The molecule has 82 valence electrons. The molecule has 0 aliphatic carbocycles. The minimum absolute atomic E-state index is 0.488. The quantitative estimate of drug-likeness (QED) is 0.734. The van der Waals surface area contributed by atoms with Gasteiger partial charge < -0.3 is 10.5 Å². The summed E-state index contributed by atoms with van der Waals surface area (Å²) in [4.78, 5) is 2.54. The number of hydrogen-bond acceptors (Lipinski definition) is 3. The van der Waals surface area contributed by atoms with Crippen LogP contribution in [0, 0.1) is 0 Å². The van der Waals surface area contributed by atoms with Gasteiger partial charge in [0, 0.05) is 25.7 Å². The Morgan fingerprint density at radius 1 is 1.21 bits per heavy atom. The number of nitrogens with two attached hydrogens (primary N) is 1. The van der Waals surface area contributed by atoms with Gasteiger partial charge in [-0.25, -0.2) is 0 Å². The maximum atomic E-state index is 5.79. The van der Waals surface area contributed by atoms with Crippen LogP contribution in [0.3, 0.4) is 0 Å². The van der Waals surface area contributed by atoms with Crippen molar-refractivity contribution in [2.75, 3.05) is 26.2 Å². The van der Waals surface area contributed by atoms with Crippen LogP contribution in [0.1, 0.15) is 32.1 Å². The Morgan fingerprint density at radius 3 is 2.86 bits per heavy atom. The van der Waals surface area contributed by atoms with E-state index in [9.17, 15) is 0 Å². The molecule has 0 bridgehead atoms. The van der Waals surface area contributed by atoms with Gasteiger partial charge >= 0.3 is 0 Å². The maximum absolute atomic E-state index is 5.79. The zero-order chi connectivity index (χ0) is 9.80. The van der Waals surface area contributed by atoms with E-state index in [4.69, 9.17) is 10.5 Å². The summed E-state index contributed by atoms with van der Waals surface area (Å²) in [6.45, 7) is 4.11. The molecule has 2 rings (SSSR count). The molecule has 3 heteroatoms. The maximum Gasteiger partial charge on any atom is 0.0702 e. The van der Waals surface area contributed by atoms with Crippen molar-refractivity contribution in [1.82, 2.24) is 4.90 Å². The summed E-state index contributed by atoms with van der Waals surface area (Å²) in [5.74, 6) is 0. The van der Waals surface area contributed by atoms with Crippen LogP contribution in [0.5, 0.6) is 0 Å². The first-order valence-corrected chi connectivity index (χ1v) is 5.96. The molecule has 0 saturated carbocycles. The average molecular weight is 198 g/mol. The van der Waals surface area contributed by atoms with Crippen LogP contribution in [0.4, 0.5) is 0 Å². The van der Waals surface area contributed by atoms with Crippen LogP contribution >= 0.6 is 0 Å². The fourth-order valence-electron chi connectivity index (χ4n) is 2.62. The second kappa shape index (κ2) is 5.10. The van der Waals surface area contributed by atoms with Gasteiger partial charge in [0.05, 0.1) is 6.10 Å². The monoisotopic (exact) mass is 198 g/mol. The largest absolute Gasteiger partial charge is 0.377 e. The van der Waals surface area contributed by atoms with Gasteiger partial charge in [0.15, 0.2) is 0 Å². The van der Waals surface area contributed by atoms with Crippen LogP contribution in [0.15, 0.2) is 0 Å². The minimum Gasteiger partial charge on any atom is -0.377 e. The highest BCUT2D eigenvalue weighted by molar-refractivity contribution is 4.80. The number of nitrogens with zero attached hydrogens (tertiary/aromatic N) is 1. The van der Waals surface area contributed by atoms with Gasteiger partial charge in [-0.2, -0.15) is 0 Å². The highest BCUT2D eigenvalue weighted by Crippen LogP contribution is 2.20. The lowest BCUT2D eigenvalue weighted by Crippen LogP contribution is -2.47. The van der Waals surface area contributed by atoms with Crippen LogP contribution in [-0.4, -0.2) is 43.3 Å². The molecule has 3 nitrogen and oxygen atoms in total. The lowest BCUT2D eigenvalue weighted by Gasteiger charge is -2.36. The Morgan fingerprint density at radius 2 is 2.14 bits per heavy atom. The molecule has 2 N–H and O–H groups in total. The summed E-state index contributed by atoms with van der Waals surface area (Å²) in [6.07, 6.45) is 6.94. The van der Waals surface area contributed by atoms with Crippen molar-refractivity contribution < 1.29 is 4.74 Å². The summed E-state index contributed by atoms with van der Waals surface area (Å²) >= 11 is 0. The van der Waals surface area contributed by atoms with E-state index in [1.165, 1.54) is 38.6 Å². The highest BCUT2D eigenvalue weighted by atomic mass is 16.5. The van der Waals surface area contributed by atoms with Crippen LogP contribution in [0.25, 0.3) is 0 Å². The summed E-state index contributed by atoms with van der Waals surface area (Å²) in [6, 6.07) is 0.618. The van der Waals surface area contributed by atoms with Crippen molar-refractivity contribution in [3.8, 4) is 0 Å². The number of rotatable bonds is 3. The molecule has 2 fully saturated rings. The Bertz CT molecular complexity index is 169. The normalized spacial score (nSPS) is 34.9. The molecule has 2 aliphatic rings. The van der Waals surface area contributed by atoms with E-state index < -0.39 is 0 Å². The minimum atomic E-state index is 0.488. The Kier molecular flexibility index (Phi) is 3.79. The zero-order valence-electron chi connectivity index (χ0n) is 8.95. The lowest BCUT2D eigenvalue weighted by atomic mass is 10.0. The zero-order valence-corrected chi connectivity index (χ0v) is 8.95. The molecule has 14 heavy (non-hydrogen) atoms. The molecule has 0 amide bonds. The van der Waals surface area contributed by atoms with Gasteiger partial charge in [0.25, 0.3) is 0 Å². The first-order valence-electron chi connectivity index (χ1n) is 5.96. The van der Waals surface area contributed by atoms with E-state index in [1.54, 1.807) is 0 Å². The molecule has 0 aromatic heterocycles. The number of piperidine rings is 1. The van der Waals surface area contributed by atoms with Crippen LogP contribution < -0.4 is 5.73 Å². The second-order valence-corrected chi connectivity index (χ2v) is 4.52. The summed E-state index contributed by atoms with van der Waals surface area (Å²) in [5, 5.41) is 0. The van der Waals surface area contributed by atoms with Gasteiger partial charge in [-0.05, 0) is 32.2 Å². The van der Waals surface area contributed by atoms with Crippen molar-refractivity contribution in [3.63, 3.8) is 0 Å². The van der Waals surface area contributed by atoms with Crippen LogP contribution in [0.2, 0.25) is 0 Å². The van der Waals surface area contributed by atoms with E-state index in [1.807, 2.05) is 0 Å². The molecule has 2 heterocycles. The van der Waals surface area contributed by atoms with Crippen LogP contribution in [-0.2, 0) is 4.74 Å². The fourth-order valence-corrected chi connectivity index (χ4v) is 2.62. The van der Waals surface area contributed by atoms with Gasteiger partial charge in [0.1, 0.15) is 0 Å². The summed E-state index contributed by atoms with van der Waals surface area (Å²) < 4.78 is 5.67. The SMILES string of the molecule is NCC1CCCCN1CC1CCCO1. The molecule has 2 saturated heterocycles. The summed E-state index contributed by atoms with van der Waals surface area (Å²) in [7, 11) is 0. The predicted octanol–water partition coefficient (Wildman–Crippen LogP) is 0.979. The third kappa shape index (κ3) is 2.47. The van der Waals surface area contributed by atoms with E-state index >= 15 is 0 Å². The lowest BCUT2D eigenvalue weighted by molar-refractivity contribution is 0.0463. The number of likely N-dealkylation sites (tertiary alicyclic amines) is 1. The van der Waals surface area contributed by atoms with E-state index in [0.717, 1.165) is 19.7 Å². The molecule has 0 aromatic rings. The first kappa shape index (κ1) is 10.4. The Hall–Kier alpha value is -0.120. The van der Waals surface area contributed by atoms with Crippen molar-refractivity contribution in [2.45, 2.75) is 44.2 Å². The molecular formula is C11H22N2O. The fraction of sp³-hybridized carbons (Fsp3) is 1.00. The van der Waals surface area contributed by atoms with E-state index in [2.05, 4.69) is 4.90 Å². The van der Waals surface area contributed by atoms with Crippen molar-refractivity contribution in [2.24, 2.45) is 5.73 Å². The van der Waals surface area contributed by atoms with Gasteiger partial charge in [0.2, 0.25) is 0 Å². The third-order valence-corrected chi connectivity index (χ3v) is 3.48. The molecule has 2 atom stereocenters. The van der Waals surface area contributed by atoms with E-state index in [-0.39, 0.29) is 0 Å². The smallest absolute Gasteiger partial charge is 0.0702 e. The van der Waals surface area contributed by atoms with Crippen molar-refractivity contribution in [1.29, 1.82) is 0 Å². The molecule has 2 unspecified atom stereocenters. The van der Waals surface area contributed by atoms with E-state index in [0.29, 0.717) is 12.1 Å². The first-order chi connectivity index (χ1) is 6.90. The molecule has 0 radical (unpaired) electrons. The standard InChI is InChI=1S/C11H22N2O/c12-8-10-4-1-2-6-13(10)9-11-5-3-7-14-11/h10-11H,1-9,12H2. The predicted molar refractivity (Wildman–Crippen MR) is 57.2 cm³/mol. The average Bonchev–Trinajstić information content (AvgIpc) is 2.71. The molecule has 0 spiro atoms. The van der Waals surface area contributed by atoms with Gasteiger partial charge in [-0.3, -0.25) is 4.90 Å². The Labute approximate surface area is 86.6 Å². The van der Waals surface area contributed by atoms with Gasteiger partial charge in [-0.15, -0.1) is 0 Å². The van der Waals surface area contributed by atoms with Gasteiger partial charge in [-0.1, -0.05) is 6.42 Å². The Balaban J connectivity index is 1.81. The number of hydrogen-bond donors (Lipinski definition) is 1. The number of ether oxygens (including phenoxy) is 1. The topological polar surface area (TPSA) is 38.5 Å².